The molecule has 0 radical (unpaired) electrons. The number of rotatable bonds is 5. The zero-order valence-corrected chi connectivity index (χ0v) is 11.2. The first-order valence-electron chi connectivity index (χ1n) is 6.00. The van der Waals surface area contributed by atoms with Crippen molar-refractivity contribution in [2.75, 3.05) is 12.5 Å². The number of hydrogen-bond donors (Lipinski definition) is 2. The van der Waals surface area contributed by atoms with Crippen LogP contribution < -0.4 is 10.2 Å². The maximum absolute atomic E-state index is 10.6. The molecule has 108 valence electrons. The van der Waals surface area contributed by atoms with Gasteiger partial charge in [-0.3, -0.25) is 15.5 Å². The summed E-state index contributed by atoms with van der Waals surface area (Å²) in [6.45, 7) is 0. The Labute approximate surface area is 120 Å². The number of hydrogen-bond acceptors (Lipinski definition) is 6. The Balaban J connectivity index is 2.07. The van der Waals surface area contributed by atoms with Crippen LogP contribution in [0.2, 0.25) is 0 Å². The number of non-ortho nitro benzene ring substituents is 1. The minimum Gasteiger partial charge on any atom is -0.504 e. The number of phenolic OH excluding ortho intramolecular Hbond substituents is 1. The number of nitro benzene ring substituents is 1. The van der Waals surface area contributed by atoms with Gasteiger partial charge in [-0.05, 0) is 29.8 Å². The molecule has 0 amide bonds. The van der Waals surface area contributed by atoms with E-state index < -0.39 is 4.92 Å². The number of nitrogens with one attached hydrogen (secondary N) is 1. The summed E-state index contributed by atoms with van der Waals surface area (Å²) in [6.07, 6.45) is 1.48. The molecule has 0 atom stereocenters. The largest absolute Gasteiger partial charge is 0.504 e. The van der Waals surface area contributed by atoms with E-state index in [0.717, 1.165) is 0 Å². The van der Waals surface area contributed by atoms with E-state index in [1.165, 1.54) is 31.5 Å². The van der Waals surface area contributed by atoms with Crippen molar-refractivity contribution in [2.24, 2.45) is 5.10 Å². The molecule has 0 fully saturated rings. The number of ether oxygens (including phenoxy) is 1. The van der Waals surface area contributed by atoms with E-state index in [9.17, 15) is 15.2 Å². The van der Waals surface area contributed by atoms with Crippen LogP contribution in [0.25, 0.3) is 0 Å². The molecule has 2 N–H and O–H groups in total. The standard InChI is InChI=1S/C14H13N3O4/c1-21-14-6-5-10(7-13(14)18)9-15-16-11-3-2-4-12(8-11)17(19)20/h2-9,16,18H,1H3/b15-9-. The van der Waals surface area contributed by atoms with Crippen LogP contribution in [-0.2, 0) is 0 Å². The fraction of sp³-hybridized carbons (Fsp3) is 0.0714. The fourth-order valence-corrected chi connectivity index (χ4v) is 1.66. The Bertz CT molecular complexity index is 686. The highest BCUT2D eigenvalue weighted by Crippen LogP contribution is 2.25. The molecule has 7 heteroatoms. The first kappa shape index (κ1) is 14.3. The Morgan fingerprint density at radius 2 is 2.14 bits per heavy atom. The van der Waals surface area contributed by atoms with Crippen LogP contribution >= 0.6 is 0 Å². The van der Waals surface area contributed by atoms with Gasteiger partial charge in [0.05, 0.1) is 23.9 Å². The molecule has 2 aromatic carbocycles. The van der Waals surface area contributed by atoms with Crippen molar-refractivity contribution in [1.29, 1.82) is 0 Å². The number of aromatic hydroxyl groups is 1. The topological polar surface area (TPSA) is 97.0 Å². The number of benzene rings is 2. The average molecular weight is 287 g/mol. The summed E-state index contributed by atoms with van der Waals surface area (Å²) in [4.78, 5) is 10.2. The van der Waals surface area contributed by atoms with Crippen LogP contribution in [0.5, 0.6) is 11.5 Å². The van der Waals surface area contributed by atoms with Crippen LogP contribution in [-0.4, -0.2) is 23.4 Å². The van der Waals surface area contributed by atoms with Gasteiger partial charge in [0, 0.05) is 12.1 Å². The molecule has 21 heavy (non-hydrogen) atoms. The predicted octanol–water partition coefficient (Wildman–Crippen LogP) is 2.76. The van der Waals surface area contributed by atoms with Gasteiger partial charge in [-0.2, -0.15) is 5.10 Å². The summed E-state index contributed by atoms with van der Waals surface area (Å²) in [5.41, 5.74) is 3.83. The average Bonchev–Trinajstić information content (AvgIpc) is 2.48. The summed E-state index contributed by atoms with van der Waals surface area (Å²) >= 11 is 0. The highest BCUT2D eigenvalue weighted by atomic mass is 16.6. The van der Waals surface area contributed by atoms with E-state index in [1.807, 2.05) is 0 Å². The Morgan fingerprint density at radius 1 is 1.33 bits per heavy atom. The van der Waals surface area contributed by atoms with Gasteiger partial charge < -0.3 is 9.84 Å². The number of hydrazone groups is 1. The normalized spacial score (nSPS) is 10.5. The van der Waals surface area contributed by atoms with E-state index in [1.54, 1.807) is 24.3 Å². The molecule has 0 aliphatic heterocycles. The van der Waals surface area contributed by atoms with E-state index in [-0.39, 0.29) is 11.4 Å². The Hall–Kier alpha value is -3.09. The van der Waals surface area contributed by atoms with Crippen molar-refractivity contribution in [3.05, 3.63) is 58.1 Å². The van der Waals surface area contributed by atoms with Crippen molar-refractivity contribution in [1.82, 2.24) is 0 Å². The molecule has 2 aromatic rings. The summed E-state index contributed by atoms with van der Waals surface area (Å²) in [5.74, 6) is 0.385. The zero-order chi connectivity index (χ0) is 15.2. The zero-order valence-electron chi connectivity index (χ0n) is 11.2. The minimum atomic E-state index is -0.476. The second kappa shape index (κ2) is 6.38. The summed E-state index contributed by atoms with van der Waals surface area (Å²) in [7, 11) is 1.46. The Kier molecular flexibility index (Phi) is 4.35. The highest BCUT2D eigenvalue weighted by Gasteiger charge is 2.04. The first-order valence-corrected chi connectivity index (χ1v) is 6.00. The third-order valence-electron chi connectivity index (χ3n) is 2.67. The van der Waals surface area contributed by atoms with Crippen LogP contribution in [0.3, 0.4) is 0 Å². The van der Waals surface area contributed by atoms with Crippen molar-refractivity contribution in [3.8, 4) is 11.5 Å². The van der Waals surface area contributed by atoms with E-state index in [2.05, 4.69) is 10.5 Å². The lowest BCUT2D eigenvalue weighted by atomic mass is 10.2. The summed E-state index contributed by atoms with van der Waals surface area (Å²) in [5, 5.41) is 24.2. The van der Waals surface area contributed by atoms with Crippen LogP contribution in [0.4, 0.5) is 11.4 Å². The Morgan fingerprint density at radius 3 is 2.81 bits per heavy atom. The van der Waals surface area contributed by atoms with E-state index in [4.69, 9.17) is 4.74 Å². The lowest BCUT2D eigenvalue weighted by molar-refractivity contribution is -0.384. The molecule has 0 aliphatic carbocycles. The van der Waals surface area contributed by atoms with Gasteiger partial charge in [0.1, 0.15) is 0 Å². The molecule has 0 aromatic heterocycles. The number of anilines is 1. The van der Waals surface area contributed by atoms with Gasteiger partial charge in [-0.1, -0.05) is 6.07 Å². The lowest BCUT2D eigenvalue weighted by Crippen LogP contribution is -1.93. The molecule has 7 nitrogen and oxygen atoms in total. The third kappa shape index (κ3) is 3.69. The van der Waals surface area contributed by atoms with Crippen molar-refractivity contribution in [2.45, 2.75) is 0 Å². The maximum Gasteiger partial charge on any atom is 0.271 e. The SMILES string of the molecule is COc1ccc(/C=N\Nc2cccc([N+](=O)[O-])c2)cc1O. The molecular weight excluding hydrogens is 274 g/mol. The first-order chi connectivity index (χ1) is 10.1. The van der Waals surface area contributed by atoms with Gasteiger partial charge in [0.25, 0.3) is 5.69 Å². The smallest absolute Gasteiger partial charge is 0.271 e. The molecule has 2 rings (SSSR count). The number of nitro groups is 1. The van der Waals surface area contributed by atoms with Gasteiger partial charge in [0.15, 0.2) is 11.5 Å². The molecule has 0 saturated carbocycles. The van der Waals surface area contributed by atoms with Gasteiger partial charge >= 0.3 is 0 Å². The summed E-state index contributed by atoms with van der Waals surface area (Å²) < 4.78 is 4.94. The molecule has 0 heterocycles. The van der Waals surface area contributed by atoms with Crippen molar-refractivity contribution >= 4 is 17.6 Å². The lowest BCUT2D eigenvalue weighted by Gasteiger charge is -2.03. The van der Waals surface area contributed by atoms with Gasteiger partial charge in [-0.25, -0.2) is 0 Å². The predicted molar refractivity (Wildman–Crippen MR) is 79.0 cm³/mol. The van der Waals surface area contributed by atoms with E-state index >= 15 is 0 Å². The van der Waals surface area contributed by atoms with Crippen LogP contribution in [0.1, 0.15) is 5.56 Å². The number of methoxy groups -OCH3 is 1. The number of nitrogens with zero attached hydrogens (tertiary/aromatic N) is 2. The summed E-state index contributed by atoms with van der Waals surface area (Å²) in [6, 6.07) is 10.8. The van der Waals surface area contributed by atoms with Gasteiger partial charge in [-0.15, -0.1) is 0 Å². The van der Waals surface area contributed by atoms with Gasteiger partial charge in [0.2, 0.25) is 0 Å². The highest BCUT2D eigenvalue weighted by molar-refractivity contribution is 5.81. The fourth-order valence-electron chi connectivity index (χ4n) is 1.66. The molecule has 0 aliphatic rings. The number of phenols is 1. The molecule has 0 unspecified atom stereocenters. The maximum atomic E-state index is 10.6. The minimum absolute atomic E-state index is 0.0109. The second-order valence-corrected chi connectivity index (χ2v) is 4.11. The molecule has 0 bridgehead atoms. The monoisotopic (exact) mass is 287 g/mol. The molecular formula is C14H13N3O4. The second-order valence-electron chi connectivity index (χ2n) is 4.11. The van der Waals surface area contributed by atoms with Crippen LogP contribution in [0.15, 0.2) is 47.6 Å². The van der Waals surface area contributed by atoms with E-state index in [0.29, 0.717) is 17.0 Å². The quantitative estimate of drug-likeness (QED) is 0.500. The van der Waals surface area contributed by atoms with Crippen molar-refractivity contribution < 1.29 is 14.8 Å². The third-order valence-corrected chi connectivity index (χ3v) is 2.67. The van der Waals surface area contributed by atoms with Crippen LogP contribution in [0, 0.1) is 10.1 Å². The molecule has 0 saturated heterocycles. The van der Waals surface area contributed by atoms with Crippen molar-refractivity contribution in [3.63, 3.8) is 0 Å². The molecule has 0 spiro atoms.